The number of hydrogen-bond donors (Lipinski definition) is 4. The number of nitrogens with zero attached hydrogens (tertiary/aromatic N) is 2. The van der Waals surface area contributed by atoms with E-state index in [9.17, 15) is 9.59 Å². The van der Waals surface area contributed by atoms with E-state index >= 15 is 0 Å². The highest BCUT2D eigenvalue weighted by Crippen LogP contribution is 2.28. The Kier molecular flexibility index (Phi) is 11.4. The van der Waals surface area contributed by atoms with Crippen molar-refractivity contribution >= 4 is 17.8 Å². The molecule has 0 radical (unpaired) electrons. The largest absolute Gasteiger partial charge is 0.370 e. The molecule has 8 nitrogen and oxygen atoms in total. The maximum Gasteiger partial charge on any atom is 0.239 e. The predicted molar refractivity (Wildman–Crippen MR) is 161 cm³/mol. The summed E-state index contributed by atoms with van der Waals surface area (Å²) >= 11 is 0. The number of nitrogens with two attached hydrogens (primary N) is 2. The molecule has 1 heterocycles. The van der Waals surface area contributed by atoms with Gasteiger partial charge in [-0.1, -0.05) is 79.9 Å². The monoisotopic (exact) mass is 546 g/mol. The molecule has 216 valence electrons. The first kappa shape index (κ1) is 29.6. The Hall–Kier alpha value is -3.39. The van der Waals surface area contributed by atoms with Crippen molar-refractivity contribution in [1.29, 1.82) is 0 Å². The number of nitrogens with one attached hydrogen (secondary N) is 2. The van der Waals surface area contributed by atoms with Crippen LogP contribution >= 0.6 is 0 Å². The Balaban J connectivity index is 1.45. The SMILES string of the molecule is NC(N)=NCCC[C@@H]1N[C@H](CNC(=O)CC2CCCCC2)CCN(CC(c2ccccc2)c2ccccc2)C1=O. The molecule has 6 N–H and O–H groups in total. The second-order valence-electron chi connectivity index (χ2n) is 11.3. The van der Waals surface area contributed by atoms with Gasteiger partial charge in [-0.25, -0.2) is 0 Å². The average Bonchev–Trinajstić information content (AvgIpc) is 3.12. The van der Waals surface area contributed by atoms with Gasteiger partial charge in [-0.15, -0.1) is 0 Å². The van der Waals surface area contributed by atoms with Gasteiger partial charge in [-0.3, -0.25) is 14.6 Å². The van der Waals surface area contributed by atoms with E-state index in [1.807, 2.05) is 17.0 Å². The Labute approximate surface area is 239 Å². The van der Waals surface area contributed by atoms with Gasteiger partial charge in [0, 0.05) is 44.6 Å². The molecule has 0 spiro atoms. The molecule has 8 heteroatoms. The van der Waals surface area contributed by atoms with E-state index in [4.69, 9.17) is 11.5 Å². The number of aliphatic imine (C=N–C) groups is 1. The predicted octanol–water partition coefficient (Wildman–Crippen LogP) is 3.52. The Morgan fingerprint density at radius 1 is 0.975 bits per heavy atom. The summed E-state index contributed by atoms with van der Waals surface area (Å²) in [6.45, 7) is 2.24. The van der Waals surface area contributed by atoms with Crippen molar-refractivity contribution in [3.05, 3.63) is 71.8 Å². The lowest BCUT2D eigenvalue weighted by atomic mass is 9.87. The fourth-order valence-corrected chi connectivity index (χ4v) is 6.09. The van der Waals surface area contributed by atoms with Crippen LogP contribution in [0.3, 0.4) is 0 Å². The fourth-order valence-electron chi connectivity index (χ4n) is 6.09. The molecule has 2 aromatic rings. The van der Waals surface area contributed by atoms with Gasteiger partial charge in [0.25, 0.3) is 0 Å². The minimum Gasteiger partial charge on any atom is -0.370 e. The van der Waals surface area contributed by atoms with E-state index in [-0.39, 0.29) is 35.8 Å². The Morgan fingerprint density at radius 3 is 2.25 bits per heavy atom. The second-order valence-corrected chi connectivity index (χ2v) is 11.3. The molecular formula is C32H46N6O2. The fraction of sp³-hybridized carbons (Fsp3) is 0.531. The van der Waals surface area contributed by atoms with Crippen LogP contribution in [0.15, 0.2) is 65.7 Å². The lowest BCUT2D eigenvalue weighted by molar-refractivity contribution is -0.133. The van der Waals surface area contributed by atoms with Crippen LogP contribution in [-0.4, -0.2) is 60.9 Å². The number of carbonyl (C=O) groups excluding carboxylic acids is 2. The molecule has 1 saturated carbocycles. The van der Waals surface area contributed by atoms with Crippen LogP contribution in [0.25, 0.3) is 0 Å². The van der Waals surface area contributed by atoms with Gasteiger partial charge in [0.1, 0.15) is 0 Å². The summed E-state index contributed by atoms with van der Waals surface area (Å²) in [6.07, 6.45) is 8.75. The number of guanidine groups is 1. The summed E-state index contributed by atoms with van der Waals surface area (Å²) in [5, 5.41) is 6.74. The third-order valence-corrected chi connectivity index (χ3v) is 8.29. The van der Waals surface area contributed by atoms with Crippen molar-refractivity contribution in [2.75, 3.05) is 26.2 Å². The smallest absolute Gasteiger partial charge is 0.239 e. The van der Waals surface area contributed by atoms with Gasteiger partial charge in [0.2, 0.25) is 11.8 Å². The highest BCUT2D eigenvalue weighted by Gasteiger charge is 2.32. The summed E-state index contributed by atoms with van der Waals surface area (Å²) < 4.78 is 0. The van der Waals surface area contributed by atoms with E-state index in [0.717, 1.165) is 19.3 Å². The number of benzene rings is 2. The molecule has 2 aliphatic rings. The van der Waals surface area contributed by atoms with E-state index in [1.165, 1.54) is 30.4 Å². The second kappa shape index (κ2) is 15.4. The molecule has 0 unspecified atom stereocenters. The summed E-state index contributed by atoms with van der Waals surface area (Å²) in [5.74, 6) is 0.856. The zero-order valence-electron chi connectivity index (χ0n) is 23.6. The Morgan fingerprint density at radius 2 is 1.62 bits per heavy atom. The van der Waals surface area contributed by atoms with E-state index in [0.29, 0.717) is 51.4 Å². The molecule has 1 saturated heterocycles. The molecule has 1 aliphatic carbocycles. The van der Waals surface area contributed by atoms with E-state index in [2.05, 4.69) is 64.2 Å². The highest BCUT2D eigenvalue weighted by molar-refractivity contribution is 5.82. The third kappa shape index (κ3) is 9.08. The van der Waals surface area contributed by atoms with E-state index in [1.54, 1.807) is 0 Å². The van der Waals surface area contributed by atoms with Crippen molar-refractivity contribution in [2.24, 2.45) is 22.4 Å². The molecule has 1 aliphatic heterocycles. The van der Waals surface area contributed by atoms with Crippen LogP contribution in [0, 0.1) is 5.92 Å². The van der Waals surface area contributed by atoms with Crippen LogP contribution < -0.4 is 22.1 Å². The Bertz CT molecular complexity index is 1040. The van der Waals surface area contributed by atoms with Gasteiger partial charge in [-0.2, -0.15) is 0 Å². The van der Waals surface area contributed by atoms with Crippen LogP contribution in [0.1, 0.15) is 74.8 Å². The first-order valence-corrected chi connectivity index (χ1v) is 15.0. The van der Waals surface area contributed by atoms with Crippen LogP contribution in [0.2, 0.25) is 0 Å². The quantitative estimate of drug-likeness (QED) is 0.184. The number of amides is 2. The summed E-state index contributed by atoms with van der Waals surface area (Å²) in [5.41, 5.74) is 13.4. The van der Waals surface area contributed by atoms with Crippen molar-refractivity contribution in [2.45, 2.75) is 75.8 Å². The van der Waals surface area contributed by atoms with Crippen molar-refractivity contribution in [3.63, 3.8) is 0 Å². The lowest BCUT2D eigenvalue weighted by Crippen LogP contribution is -2.49. The lowest BCUT2D eigenvalue weighted by Gasteiger charge is -2.29. The molecule has 2 amide bonds. The molecule has 0 bridgehead atoms. The molecule has 2 fully saturated rings. The van der Waals surface area contributed by atoms with Crippen LogP contribution in [0.4, 0.5) is 0 Å². The van der Waals surface area contributed by atoms with E-state index < -0.39 is 0 Å². The molecular weight excluding hydrogens is 500 g/mol. The average molecular weight is 547 g/mol. The summed E-state index contributed by atoms with van der Waals surface area (Å²) in [6, 6.07) is 20.4. The normalized spacial score (nSPS) is 20.2. The minimum absolute atomic E-state index is 0.0178. The van der Waals surface area contributed by atoms with Crippen LogP contribution in [-0.2, 0) is 9.59 Å². The molecule has 40 heavy (non-hydrogen) atoms. The van der Waals surface area contributed by atoms with Gasteiger partial charge < -0.3 is 27.0 Å². The standard InChI is InChI=1S/C32H46N6O2/c33-32(34)35-19-10-17-29-31(40)38(23-28(25-13-6-2-7-14-25)26-15-8-3-9-16-26)20-18-27(37-29)22-36-30(39)21-24-11-4-1-5-12-24/h2-3,6-9,13-16,24,27-29,37H,1,4-5,10-12,17-23H2,(H,36,39)(H4,33,34,35)/t27-,29-/m0/s1. The van der Waals surface area contributed by atoms with Crippen molar-refractivity contribution < 1.29 is 9.59 Å². The van der Waals surface area contributed by atoms with Gasteiger partial charge >= 0.3 is 0 Å². The first-order valence-electron chi connectivity index (χ1n) is 15.0. The highest BCUT2D eigenvalue weighted by atomic mass is 16.2. The number of hydrogen-bond acceptors (Lipinski definition) is 4. The van der Waals surface area contributed by atoms with Crippen molar-refractivity contribution in [1.82, 2.24) is 15.5 Å². The van der Waals surface area contributed by atoms with Gasteiger partial charge in [0.15, 0.2) is 5.96 Å². The third-order valence-electron chi connectivity index (χ3n) is 8.29. The topological polar surface area (TPSA) is 126 Å². The summed E-state index contributed by atoms with van der Waals surface area (Å²) in [4.78, 5) is 32.7. The maximum absolute atomic E-state index is 13.9. The first-order chi connectivity index (χ1) is 19.5. The summed E-state index contributed by atoms with van der Waals surface area (Å²) in [7, 11) is 0. The molecule has 2 aromatic carbocycles. The van der Waals surface area contributed by atoms with Crippen LogP contribution in [0.5, 0.6) is 0 Å². The van der Waals surface area contributed by atoms with Crippen molar-refractivity contribution in [3.8, 4) is 0 Å². The van der Waals surface area contributed by atoms with Gasteiger partial charge in [0.05, 0.1) is 6.04 Å². The minimum atomic E-state index is -0.357. The number of rotatable bonds is 12. The zero-order chi connectivity index (χ0) is 28.2. The molecule has 0 aromatic heterocycles. The molecule has 2 atom stereocenters. The number of carbonyl (C=O) groups is 2. The maximum atomic E-state index is 13.9. The van der Waals surface area contributed by atoms with Gasteiger partial charge in [-0.05, 0) is 49.1 Å². The zero-order valence-corrected chi connectivity index (χ0v) is 23.6. The molecule has 4 rings (SSSR count).